The molecule has 4 rings (SSSR count). The van der Waals surface area contributed by atoms with E-state index in [-0.39, 0.29) is 11.8 Å². The van der Waals surface area contributed by atoms with E-state index in [0.717, 1.165) is 62.2 Å². The van der Waals surface area contributed by atoms with Gasteiger partial charge in [-0.25, -0.2) is 0 Å². The lowest BCUT2D eigenvalue weighted by Crippen LogP contribution is -2.37. The lowest BCUT2D eigenvalue weighted by molar-refractivity contribution is -0.132. The summed E-state index contributed by atoms with van der Waals surface area (Å²) in [5.74, 6) is 1.71. The van der Waals surface area contributed by atoms with E-state index >= 15 is 0 Å². The van der Waals surface area contributed by atoms with Crippen molar-refractivity contribution in [3.63, 3.8) is 0 Å². The van der Waals surface area contributed by atoms with Crippen molar-refractivity contribution < 1.29 is 14.1 Å². The van der Waals surface area contributed by atoms with E-state index in [2.05, 4.69) is 29.4 Å². The van der Waals surface area contributed by atoms with Crippen LogP contribution in [-0.2, 0) is 29.0 Å². The number of hydrogen-bond donors (Lipinski definition) is 0. The highest BCUT2D eigenvalue weighted by molar-refractivity contribution is 5.80. The average molecular weight is 424 g/mol. The minimum atomic E-state index is 0.151. The molecule has 0 unspecified atom stereocenters. The molecule has 6 nitrogen and oxygen atoms in total. The maximum atomic E-state index is 13.0. The van der Waals surface area contributed by atoms with Crippen LogP contribution in [0, 0.1) is 19.8 Å². The lowest BCUT2D eigenvalue weighted by atomic mass is 9.90. The van der Waals surface area contributed by atoms with Gasteiger partial charge in [-0.3, -0.25) is 9.59 Å². The largest absolute Gasteiger partial charge is 0.361 e. The monoisotopic (exact) mass is 423 g/mol. The van der Waals surface area contributed by atoms with E-state index < -0.39 is 0 Å². The van der Waals surface area contributed by atoms with Crippen molar-refractivity contribution in [2.45, 2.75) is 71.9 Å². The quantitative estimate of drug-likeness (QED) is 0.679. The molecule has 2 fully saturated rings. The molecule has 2 aromatic rings. The Kier molecular flexibility index (Phi) is 6.44. The number of piperidine rings is 1. The van der Waals surface area contributed by atoms with Gasteiger partial charge in [0.2, 0.25) is 11.8 Å². The Hall–Kier alpha value is -2.63. The Bertz CT molecular complexity index is 902. The van der Waals surface area contributed by atoms with E-state index in [4.69, 9.17) is 4.52 Å². The Balaban J connectivity index is 1.34. The van der Waals surface area contributed by atoms with E-state index in [0.29, 0.717) is 24.9 Å². The smallest absolute Gasteiger partial charge is 0.227 e. The molecule has 0 atom stereocenters. The normalized spacial score (nSPS) is 17.1. The summed E-state index contributed by atoms with van der Waals surface area (Å²) in [5.41, 5.74) is 4.24. The Morgan fingerprint density at radius 3 is 2.26 bits per heavy atom. The SMILES string of the molecule is CC(=O)N1CCC(Cc2ccc(CN(C(=O)Cc3c(C)noc3C)C3CC3)cc2)CC1. The number of nitrogens with zero attached hydrogens (tertiary/aromatic N) is 3. The minimum Gasteiger partial charge on any atom is -0.361 e. The number of aryl methyl sites for hydroxylation is 2. The molecule has 6 heteroatoms. The summed E-state index contributed by atoms with van der Waals surface area (Å²) in [6.45, 7) is 7.83. The molecule has 2 heterocycles. The molecule has 0 spiro atoms. The predicted molar refractivity (Wildman–Crippen MR) is 118 cm³/mol. The first kappa shape index (κ1) is 21.6. The Morgan fingerprint density at radius 1 is 1.06 bits per heavy atom. The van der Waals surface area contributed by atoms with Crippen LogP contribution >= 0.6 is 0 Å². The van der Waals surface area contributed by atoms with Crippen molar-refractivity contribution in [1.29, 1.82) is 0 Å². The van der Waals surface area contributed by atoms with Gasteiger partial charge in [0.15, 0.2) is 0 Å². The highest BCUT2D eigenvalue weighted by atomic mass is 16.5. The first-order valence-electron chi connectivity index (χ1n) is 11.4. The average Bonchev–Trinajstić information content (AvgIpc) is 3.55. The molecule has 1 aliphatic carbocycles. The van der Waals surface area contributed by atoms with Crippen molar-refractivity contribution in [2.75, 3.05) is 13.1 Å². The number of hydrogen-bond acceptors (Lipinski definition) is 4. The van der Waals surface area contributed by atoms with Crippen LogP contribution in [0.5, 0.6) is 0 Å². The van der Waals surface area contributed by atoms with Gasteiger partial charge >= 0.3 is 0 Å². The Labute approximate surface area is 184 Å². The third-order valence-electron chi connectivity index (χ3n) is 6.78. The second-order valence-electron chi connectivity index (χ2n) is 9.20. The summed E-state index contributed by atoms with van der Waals surface area (Å²) in [7, 11) is 0. The van der Waals surface area contributed by atoms with Gasteiger partial charge in [0.1, 0.15) is 5.76 Å². The number of benzene rings is 1. The molecule has 31 heavy (non-hydrogen) atoms. The van der Waals surface area contributed by atoms with E-state index in [1.807, 2.05) is 23.6 Å². The number of carbonyl (C=O) groups is 2. The molecule has 166 valence electrons. The summed E-state index contributed by atoms with van der Waals surface area (Å²) < 4.78 is 5.22. The number of carbonyl (C=O) groups excluding carboxylic acids is 2. The Morgan fingerprint density at radius 2 is 1.71 bits per heavy atom. The van der Waals surface area contributed by atoms with Crippen LogP contribution in [0.3, 0.4) is 0 Å². The fourth-order valence-electron chi connectivity index (χ4n) is 4.58. The maximum absolute atomic E-state index is 13.0. The topological polar surface area (TPSA) is 66.7 Å². The molecule has 1 aromatic carbocycles. The number of likely N-dealkylation sites (tertiary alicyclic amines) is 1. The van der Waals surface area contributed by atoms with Crippen LogP contribution in [0.2, 0.25) is 0 Å². The first-order valence-corrected chi connectivity index (χ1v) is 11.4. The van der Waals surface area contributed by atoms with Crippen molar-refractivity contribution in [1.82, 2.24) is 15.0 Å². The molecule has 1 aromatic heterocycles. The molecule has 1 aliphatic heterocycles. The molecule has 0 radical (unpaired) electrons. The van der Waals surface area contributed by atoms with Gasteiger partial charge in [0, 0.05) is 38.2 Å². The third kappa shape index (κ3) is 5.35. The second-order valence-corrected chi connectivity index (χ2v) is 9.20. The van der Waals surface area contributed by atoms with Gasteiger partial charge in [-0.05, 0) is 63.0 Å². The minimum absolute atomic E-state index is 0.151. The fraction of sp³-hybridized carbons (Fsp3) is 0.560. The molecule has 0 N–H and O–H groups in total. The van der Waals surface area contributed by atoms with E-state index in [1.54, 1.807) is 6.92 Å². The van der Waals surface area contributed by atoms with Crippen LogP contribution in [0.25, 0.3) is 0 Å². The summed E-state index contributed by atoms with van der Waals surface area (Å²) in [5, 5.41) is 3.98. The van der Waals surface area contributed by atoms with Gasteiger partial charge in [-0.2, -0.15) is 0 Å². The zero-order valence-electron chi connectivity index (χ0n) is 18.9. The molecule has 1 saturated carbocycles. The van der Waals surface area contributed by atoms with Crippen molar-refractivity contribution in [3.05, 3.63) is 52.4 Å². The van der Waals surface area contributed by atoms with Gasteiger partial charge in [-0.1, -0.05) is 29.4 Å². The van der Waals surface area contributed by atoms with E-state index in [1.165, 1.54) is 11.1 Å². The molecular formula is C25H33N3O3. The lowest BCUT2D eigenvalue weighted by Gasteiger charge is -2.31. The zero-order valence-corrected chi connectivity index (χ0v) is 18.9. The maximum Gasteiger partial charge on any atom is 0.227 e. The van der Waals surface area contributed by atoms with Gasteiger partial charge < -0.3 is 14.3 Å². The summed E-state index contributed by atoms with van der Waals surface area (Å²) in [6.07, 6.45) is 5.74. The first-order chi connectivity index (χ1) is 14.9. The number of amides is 2. The van der Waals surface area contributed by atoms with Crippen molar-refractivity contribution in [2.24, 2.45) is 5.92 Å². The molecular weight excluding hydrogens is 390 g/mol. The number of rotatable bonds is 7. The van der Waals surface area contributed by atoms with Crippen molar-refractivity contribution in [3.8, 4) is 0 Å². The molecule has 1 saturated heterocycles. The van der Waals surface area contributed by atoms with E-state index in [9.17, 15) is 9.59 Å². The number of aromatic nitrogens is 1. The van der Waals surface area contributed by atoms with Crippen LogP contribution in [0.1, 0.15) is 60.8 Å². The molecule has 2 amide bonds. The standard InChI is InChI=1S/C25H33N3O3/c1-17-24(18(2)31-26-17)15-25(30)28(23-8-9-23)16-22-6-4-20(5-7-22)14-21-10-12-27(13-11-21)19(3)29/h4-7,21,23H,8-16H2,1-3H3. The molecule has 2 aliphatic rings. The van der Waals surface area contributed by atoms with Crippen LogP contribution < -0.4 is 0 Å². The van der Waals surface area contributed by atoms with Gasteiger partial charge in [0.25, 0.3) is 0 Å². The fourth-order valence-corrected chi connectivity index (χ4v) is 4.58. The van der Waals surface area contributed by atoms with Crippen LogP contribution in [0.15, 0.2) is 28.8 Å². The summed E-state index contributed by atoms with van der Waals surface area (Å²) in [4.78, 5) is 28.5. The van der Waals surface area contributed by atoms with Crippen molar-refractivity contribution >= 4 is 11.8 Å². The third-order valence-corrected chi connectivity index (χ3v) is 6.78. The zero-order chi connectivity index (χ0) is 22.0. The molecule has 0 bridgehead atoms. The van der Waals surface area contributed by atoms with Gasteiger partial charge in [0.05, 0.1) is 12.1 Å². The van der Waals surface area contributed by atoms with Crippen LogP contribution in [-0.4, -0.2) is 45.9 Å². The van der Waals surface area contributed by atoms with Crippen LogP contribution in [0.4, 0.5) is 0 Å². The highest BCUT2D eigenvalue weighted by Gasteiger charge is 2.33. The van der Waals surface area contributed by atoms with Gasteiger partial charge in [-0.15, -0.1) is 0 Å². The summed E-state index contributed by atoms with van der Waals surface area (Å²) >= 11 is 0. The second kappa shape index (κ2) is 9.25. The summed E-state index contributed by atoms with van der Waals surface area (Å²) in [6, 6.07) is 9.10. The predicted octanol–water partition coefficient (Wildman–Crippen LogP) is 3.83. The highest BCUT2D eigenvalue weighted by Crippen LogP contribution is 2.30.